The van der Waals surface area contributed by atoms with Gasteiger partial charge in [0.15, 0.2) is 5.69 Å². The smallest absolute Gasteiger partial charge is 0.451 e. The van der Waals surface area contributed by atoms with Crippen LogP contribution >= 0.6 is 0 Å². The Morgan fingerprint density at radius 2 is 2.11 bits per heavy atom. The van der Waals surface area contributed by atoms with Crippen molar-refractivity contribution in [2.24, 2.45) is 0 Å². The van der Waals surface area contributed by atoms with Crippen molar-refractivity contribution >= 4 is 5.97 Å². The molecular formula is C10H10F3N3O2. The van der Waals surface area contributed by atoms with Crippen LogP contribution in [0.15, 0.2) is 6.20 Å². The molecule has 1 N–H and O–H groups in total. The predicted octanol–water partition coefficient (Wildman–Crippen LogP) is 1.40. The maximum Gasteiger partial charge on any atom is 0.451 e. The molecule has 0 saturated carbocycles. The summed E-state index contributed by atoms with van der Waals surface area (Å²) in [5.74, 6) is -2.90. The Hall–Kier alpha value is -1.70. The van der Waals surface area contributed by atoms with Crippen LogP contribution in [0.5, 0.6) is 0 Å². The lowest BCUT2D eigenvalue weighted by Crippen LogP contribution is -2.37. The van der Waals surface area contributed by atoms with Crippen molar-refractivity contribution in [3.63, 3.8) is 0 Å². The second-order valence-electron chi connectivity index (χ2n) is 4.00. The molecule has 1 aromatic rings. The summed E-state index contributed by atoms with van der Waals surface area (Å²) in [6.07, 6.45) is -2.79. The lowest BCUT2D eigenvalue weighted by Gasteiger charge is -2.30. The van der Waals surface area contributed by atoms with Crippen molar-refractivity contribution in [3.05, 3.63) is 23.3 Å². The Bertz CT molecular complexity index is 472. The summed E-state index contributed by atoms with van der Waals surface area (Å²) < 4.78 is 37.1. The second kappa shape index (κ2) is 4.52. The number of rotatable bonds is 3. The number of nitrogens with zero attached hydrogens (tertiary/aromatic N) is 3. The molecule has 1 fully saturated rings. The predicted molar refractivity (Wildman–Crippen MR) is 53.9 cm³/mol. The third-order valence-corrected chi connectivity index (χ3v) is 2.66. The highest BCUT2D eigenvalue weighted by molar-refractivity contribution is 5.86. The van der Waals surface area contributed by atoms with E-state index in [0.29, 0.717) is 0 Å². The summed E-state index contributed by atoms with van der Waals surface area (Å²) in [6.45, 7) is 1.87. The zero-order valence-corrected chi connectivity index (χ0v) is 9.24. The molecule has 1 saturated heterocycles. The minimum absolute atomic E-state index is 0.204. The molecule has 98 valence electrons. The van der Waals surface area contributed by atoms with Gasteiger partial charge in [-0.25, -0.2) is 14.8 Å². The van der Waals surface area contributed by atoms with Gasteiger partial charge in [-0.05, 0) is 19.5 Å². The number of hydrogen-bond donors (Lipinski definition) is 1. The molecule has 0 aliphatic carbocycles. The van der Waals surface area contributed by atoms with Crippen LogP contribution in [0, 0.1) is 0 Å². The highest BCUT2D eigenvalue weighted by Gasteiger charge is 2.36. The van der Waals surface area contributed by atoms with Gasteiger partial charge in [-0.2, -0.15) is 13.2 Å². The number of hydrogen-bond acceptors (Lipinski definition) is 4. The van der Waals surface area contributed by atoms with E-state index in [-0.39, 0.29) is 12.1 Å². The van der Waals surface area contributed by atoms with Gasteiger partial charge in [0, 0.05) is 18.3 Å². The van der Waals surface area contributed by atoms with Crippen LogP contribution in [0.4, 0.5) is 13.2 Å². The van der Waals surface area contributed by atoms with E-state index in [4.69, 9.17) is 5.11 Å². The maximum absolute atomic E-state index is 12.4. The van der Waals surface area contributed by atoms with E-state index >= 15 is 0 Å². The van der Waals surface area contributed by atoms with E-state index in [1.807, 2.05) is 4.90 Å². The zero-order valence-electron chi connectivity index (χ0n) is 9.24. The summed E-state index contributed by atoms with van der Waals surface area (Å²) in [5.41, 5.74) is -0.376. The first-order chi connectivity index (χ1) is 8.38. The molecule has 0 radical (unpaired) electrons. The first-order valence-electron chi connectivity index (χ1n) is 5.26. The van der Waals surface area contributed by atoms with Crippen molar-refractivity contribution in [3.8, 4) is 0 Å². The molecule has 0 bridgehead atoms. The van der Waals surface area contributed by atoms with Crippen LogP contribution in [0.1, 0.15) is 28.3 Å². The molecule has 0 atom stereocenters. The van der Waals surface area contributed by atoms with Crippen molar-refractivity contribution in [2.75, 3.05) is 13.1 Å². The van der Waals surface area contributed by atoms with Gasteiger partial charge in [-0.15, -0.1) is 0 Å². The van der Waals surface area contributed by atoms with E-state index in [2.05, 4.69) is 9.97 Å². The fourth-order valence-electron chi connectivity index (χ4n) is 1.62. The Kier molecular flexibility index (Phi) is 3.20. The molecular weight excluding hydrogens is 251 g/mol. The summed E-state index contributed by atoms with van der Waals surface area (Å²) in [5, 5.41) is 8.88. The Morgan fingerprint density at radius 3 is 2.56 bits per heavy atom. The third kappa shape index (κ3) is 2.58. The normalized spacial score (nSPS) is 16.4. The lowest BCUT2D eigenvalue weighted by atomic mass is 10.1. The number of carboxylic acid groups (broad SMARTS) is 1. The minimum Gasteiger partial charge on any atom is -0.476 e. The number of carboxylic acids is 1. The molecule has 2 heterocycles. The van der Waals surface area contributed by atoms with Gasteiger partial charge >= 0.3 is 12.1 Å². The van der Waals surface area contributed by atoms with Crippen LogP contribution in [0.3, 0.4) is 0 Å². The number of aromatic nitrogens is 2. The van der Waals surface area contributed by atoms with Gasteiger partial charge in [0.25, 0.3) is 0 Å². The summed E-state index contributed by atoms with van der Waals surface area (Å²) in [6, 6.07) is 0. The number of likely N-dealkylation sites (tertiary alicyclic amines) is 1. The molecule has 0 aromatic carbocycles. The average Bonchev–Trinajstić information content (AvgIpc) is 2.21. The maximum atomic E-state index is 12.4. The zero-order chi connectivity index (χ0) is 13.3. The number of halogens is 3. The molecule has 8 heteroatoms. The molecule has 1 aliphatic rings. The Morgan fingerprint density at radius 1 is 1.44 bits per heavy atom. The molecule has 0 unspecified atom stereocenters. The summed E-state index contributed by atoms with van der Waals surface area (Å²) in [7, 11) is 0. The van der Waals surface area contributed by atoms with Crippen LogP contribution < -0.4 is 0 Å². The van der Waals surface area contributed by atoms with Crippen molar-refractivity contribution in [2.45, 2.75) is 19.1 Å². The van der Waals surface area contributed by atoms with Gasteiger partial charge in [0.05, 0.1) is 0 Å². The standard InChI is InChI=1S/C10H10F3N3O2/c11-10(12,13)9-14-4-6(5-16-2-1-3-16)7(15-9)8(17)18/h4H,1-3,5H2,(H,17,18). The van der Waals surface area contributed by atoms with Crippen LogP contribution in [-0.4, -0.2) is 39.0 Å². The monoisotopic (exact) mass is 261 g/mol. The van der Waals surface area contributed by atoms with Crippen molar-refractivity contribution in [1.29, 1.82) is 0 Å². The number of carbonyl (C=O) groups is 1. The fourth-order valence-corrected chi connectivity index (χ4v) is 1.62. The van der Waals surface area contributed by atoms with Crippen molar-refractivity contribution in [1.82, 2.24) is 14.9 Å². The van der Waals surface area contributed by atoms with Gasteiger partial charge in [-0.1, -0.05) is 0 Å². The SMILES string of the molecule is O=C(O)c1nc(C(F)(F)F)ncc1CN1CCC1. The fraction of sp³-hybridized carbons (Fsp3) is 0.500. The van der Waals surface area contributed by atoms with Gasteiger partial charge in [0.2, 0.25) is 5.82 Å². The second-order valence-corrected chi connectivity index (χ2v) is 4.00. The highest BCUT2D eigenvalue weighted by Crippen LogP contribution is 2.26. The lowest BCUT2D eigenvalue weighted by molar-refractivity contribution is -0.145. The first kappa shape index (κ1) is 12.7. The topological polar surface area (TPSA) is 66.3 Å². The highest BCUT2D eigenvalue weighted by atomic mass is 19.4. The largest absolute Gasteiger partial charge is 0.476 e. The Balaban J connectivity index is 2.31. The molecule has 0 spiro atoms. The van der Waals surface area contributed by atoms with Gasteiger partial charge < -0.3 is 5.11 Å². The third-order valence-electron chi connectivity index (χ3n) is 2.66. The van der Waals surface area contributed by atoms with Crippen LogP contribution in [-0.2, 0) is 12.7 Å². The first-order valence-corrected chi connectivity index (χ1v) is 5.26. The van der Waals surface area contributed by atoms with E-state index in [1.165, 1.54) is 0 Å². The van der Waals surface area contributed by atoms with E-state index in [9.17, 15) is 18.0 Å². The molecule has 18 heavy (non-hydrogen) atoms. The summed E-state index contributed by atoms with van der Waals surface area (Å²) in [4.78, 5) is 19.1. The van der Waals surface area contributed by atoms with E-state index < -0.39 is 23.7 Å². The van der Waals surface area contributed by atoms with E-state index in [1.54, 1.807) is 0 Å². The van der Waals surface area contributed by atoms with Crippen LogP contribution in [0.2, 0.25) is 0 Å². The molecule has 5 nitrogen and oxygen atoms in total. The minimum atomic E-state index is -4.74. The van der Waals surface area contributed by atoms with Gasteiger partial charge in [-0.3, -0.25) is 4.90 Å². The van der Waals surface area contributed by atoms with E-state index in [0.717, 1.165) is 25.7 Å². The average molecular weight is 261 g/mol. The van der Waals surface area contributed by atoms with Gasteiger partial charge in [0.1, 0.15) is 0 Å². The quantitative estimate of drug-likeness (QED) is 0.890. The molecule has 0 amide bonds. The number of alkyl halides is 3. The molecule has 2 rings (SSSR count). The van der Waals surface area contributed by atoms with Crippen molar-refractivity contribution < 1.29 is 23.1 Å². The van der Waals surface area contributed by atoms with Crippen LogP contribution in [0.25, 0.3) is 0 Å². The summed E-state index contributed by atoms with van der Waals surface area (Å²) >= 11 is 0. The molecule has 1 aromatic heterocycles. The molecule has 1 aliphatic heterocycles. The Labute approximate surface area is 100 Å². The number of aromatic carboxylic acids is 1.